The van der Waals surface area contributed by atoms with Crippen LogP contribution < -0.4 is 5.32 Å². The first-order chi connectivity index (χ1) is 10.8. The van der Waals surface area contributed by atoms with Crippen LogP contribution in [0.4, 0.5) is 18.9 Å². The number of H-pyrrole nitrogens is 1. The number of nitrogens with one attached hydrogen (secondary N) is 2. The van der Waals surface area contributed by atoms with Crippen LogP contribution >= 0.6 is 0 Å². The molecule has 2 heterocycles. The average molecular weight is 319 g/mol. The SMILES string of the molecule is Cc1cc2cc(NC(=O)c3ccccc3C(F)(F)F)cnc2[nH]1. The predicted octanol–water partition coefficient (Wildman–Crippen LogP) is 4.14. The molecule has 2 N–H and O–H groups in total. The number of hydrogen-bond acceptors (Lipinski definition) is 2. The van der Waals surface area contributed by atoms with Gasteiger partial charge in [0.05, 0.1) is 23.0 Å². The number of aryl methyl sites for hydroxylation is 1. The number of anilines is 1. The number of hydrogen-bond donors (Lipinski definition) is 2. The standard InChI is InChI=1S/C16H12F3N3O/c1-9-6-10-7-11(8-20-14(10)21-9)22-15(23)12-4-2-3-5-13(12)16(17,18)19/h2-8H,1H3,(H,20,21)(H,22,23). The molecule has 1 amide bonds. The van der Waals surface area contributed by atoms with Gasteiger partial charge in [0.2, 0.25) is 0 Å². The van der Waals surface area contributed by atoms with Crippen molar-refractivity contribution in [2.45, 2.75) is 13.1 Å². The van der Waals surface area contributed by atoms with Crippen molar-refractivity contribution < 1.29 is 18.0 Å². The normalized spacial score (nSPS) is 11.7. The summed E-state index contributed by atoms with van der Waals surface area (Å²) in [6, 6.07) is 8.15. The summed E-state index contributed by atoms with van der Waals surface area (Å²) in [6.45, 7) is 1.86. The van der Waals surface area contributed by atoms with E-state index in [1.165, 1.54) is 18.3 Å². The first-order valence-electron chi connectivity index (χ1n) is 6.77. The molecule has 0 aliphatic heterocycles. The topological polar surface area (TPSA) is 57.8 Å². The molecule has 0 radical (unpaired) electrons. The maximum Gasteiger partial charge on any atom is 0.417 e. The number of nitrogens with zero attached hydrogens (tertiary/aromatic N) is 1. The second-order valence-electron chi connectivity index (χ2n) is 5.11. The van der Waals surface area contributed by atoms with Gasteiger partial charge in [-0.25, -0.2) is 4.98 Å². The van der Waals surface area contributed by atoms with Gasteiger partial charge in [0.25, 0.3) is 5.91 Å². The first-order valence-corrected chi connectivity index (χ1v) is 6.77. The van der Waals surface area contributed by atoms with Crippen molar-refractivity contribution in [2.75, 3.05) is 5.32 Å². The molecule has 23 heavy (non-hydrogen) atoms. The minimum absolute atomic E-state index is 0.332. The van der Waals surface area contributed by atoms with Crippen LogP contribution in [0, 0.1) is 6.92 Å². The smallest absolute Gasteiger partial charge is 0.344 e. The number of carbonyl (C=O) groups excluding carboxylic acids is 1. The molecule has 0 saturated heterocycles. The summed E-state index contributed by atoms with van der Waals surface area (Å²) < 4.78 is 38.9. The van der Waals surface area contributed by atoms with Crippen LogP contribution in [0.1, 0.15) is 21.6 Å². The fraction of sp³-hybridized carbons (Fsp3) is 0.125. The molecule has 4 nitrogen and oxygen atoms in total. The summed E-state index contributed by atoms with van der Waals surface area (Å²) in [7, 11) is 0. The van der Waals surface area contributed by atoms with Crippen molar-refractivity contribution in [1.82, 2.24) is 9.97 Å². The number of alkyl halides is 3. The Hall–Kier alpha value is -2.83. The highest BCUT2D eigenvalue weighted by atomic mass is 19.4. The molecule has 3 aromatic rings. The maximum absolute atomic E-state index is 13.0. The molecule has 0 spiro atoms. The Bertz CT molecular complexity index is 884. The van der Waals surface area contributed by atoms with Gasteiger partial charge in [-0.2, -0.15) is 13.2 Å². The third kappa shape index (κ3) is 3.03. The van der Waals surface area contributed by atoms with Crippen LogP contribution in [0.3, 0.4) is 0 Å². The molecule has 0 atom stereocenters. The van der Waals surface area contributed by atoms with E-state index in [-0.39, 0.29) is 0 Å². The Morgan fingerprint density at radius 2 is 1.96 bits per heavy atom. The van der Waals surface area contributed by atoms with E-state index in [9.17, 15) is 18.0 Å². The van der Waals surface area contributed by atoms with Gasteiger partial charge in [0.1, 0.15) is 5.65 Å². The molecular formula is C16H12F3N3O. The number of carbonyl (C=O) groups is 1. The van der Waals surface area contributed by atoms with Gasteiger partial charge in [0.15, 0.2) is 0 Å². The van der Waals surface area contributed by atoms with Gasteiger partial charge in [-0.1, -0.05) is 12.1 Å². The second kappa shape index (κ2) is 5.42. The van der Waals surface area contributed by atoms with Gasteiger partial charge >= 0.3 is 6.18 Å². The molecule has 118 valence electrons. The zero-order valence-corrected chi connectivity index (χ0v) is 12.0. The lowest BCUT2D eigenvalue weighted by Crippen LogP contribution is -2.18. The summed E-state index contributed by atoms with van der Waals surface area (Å²) in [5.74, 6) is -0.827. The lowest BCUT2D eigenvalue weighted by Gasteiger charge is -2.12. The maximum atomic E-state index is 13.0. The van der Waals surface area contributed by atoms with Gasteiger partial charge < -0.3 is 10.3 Å². The van der Waals surface area contributed by atoms with Crippen LogP contribution in [0.5, 0.6) is 0 Å². The van der Waals surface area contributed by atoms with Crippen molar-refractivity contribution in [3.05, 3.63) is 59.4 Å². The average Bonchev–Trinajstić information content (AvgIpc) is 2.85. The van der Waals surface area contributed by atoms with Gasteiger partial charge in [-0.05, 0) is 31.2 Å². The molecule has 0 fully saturated rings. The molecule has 0 unspecified atom stereocenters. The number of pyridine rings is 1. The number of amides is 1. The summed E-state index contributed by atoms with van der Waals surface area (Å²) in [5, 5.41) is 3.22. The number of fused-ring (bicyclic) bond motifs is 1. The van der Waals surface area contributed by atoms with Crippen LogP contribution in [-0.2, 0) is 6.18 Å². The zero-order chi connectivity index (χ0) is 16.6. The van der Waals surface area contributed by atoms with E-state index in [1.54, 1.807) is 6.07 Å². The van der Waals surface area contributed by atoms with Crippen LogP contribution in [0.2, 0.25) is 0 Å². The lowest BCUT2D eigenvalue weighted by molar-refractivity contribution is -0.137. The highest BCUT2D eigenvalue weighted by molar-refractivity contribution is 6.06. The van der Waals surface area contributed by atoms with E-state index in [0.29, 0.717) is 11.3 Å². The second-order valence-corrected chi connectivity index (χ2v) is 5.11. The van der Waals surface area contributed by atoms with Crippen molar-refractivity contribution in [3.8, 4) is 0 Å². The molecule has 0 aliphatic carbocycles. The molecule has 2 aromatic heterocycles. The van der Waals surface area contributed by atoms with E-state index in [2.05, 4.69) is 15.3 Å². The summed E-state index contributed by atoms with van der Waals surface area (Å²) in [6.07, 6.45) is -3.19. The molecule has 3 rings (SSSR count). The number of rotatable bonds is 2. The quantitative estimate of drug-likeness (QED) is 0.746. The predicted molar refractivity (Wildman–Crippen MR) is 80.2 cm³/mol. The van der Waals surface area contributed by atoms with Crippen molar-refractivity contribution >= 4 is 22.6 Å². The van der Waals surface area contributed by atoms with E-state index >= 15 is 0 Å². The fourth-order valence-corrected chi connectivity index (χ4v) is 2.35. The van der Waals surface area contributed by atoms with Crippen molar-refractivity contribution in [1.29, 1.82) is 0 Å². The highest BCUT2D eigenvalue weighted by Crippen LogP contribution is 2.32. The van der Waals surface area contributed by atoms with Gasteiger partial charge in [-0.15, -0.1) is 0 Å². The Morgan fingerprint density at radius 3 is 2.70 bits per heavy atom. The number of benzene rings is 1. The molecule has 0 saturated carbocycles. The Kier molecular flexibility index (Phi) is 3.55. The van der Waals surface area contributed by atoms with Gasteiger partial charge in [0, 0.05) is 11.1 Å². The fourth-order valence-electron chi connectivity index (χ4n) is 2.35. The third-order valence-corrected chi connectivity index (χ3v) is 3.34. The van der Waals surface area contributed by atoms with Crippen molar-refractivity contribution in [3.63, 3.8) is 0 Å². The van der Waals surface area contributed by atoms with Crippen molar-refractivity contribution in [2.24, 2.45) is 0 Å². The molecule has 7 heteroatoms. The van der Waals surface area contributed by atoms with Crippen LogP contribution in [-0.4, -0.2) is 15.9 Å². The number of halogens is 3. The Morgan fingerprint density at radius 1 is 1.22 bits per heavy atom. The highest BCUT2D eigenvalue weighted by Gasteiger charge is 2.34. The van der Waals surface area contributed by atoms with E-state index in [1.807, 2.05) is 13.0 Å². The Balaban J connectivity index is 1.92. The van der Waals surface area contributed by atoms with E-state index in [4.69, 9.17) is 0 Å². The summed E-state index contributed by atoms with van der Waals surface area (Å²) in [5.41, 5.74) is 0.488. The third-order valence-electron chi connectivity index (χ3n) is 3.34. The zero-order valence-electron chi connectivity index (χ0n) is 12.0. The minimum Gasteiger partial charge on any atom is -0.344 e. The first kappa shape index (κ1) is 15.1. The van der Waals surface area contributed by atoms with Gasteiger partial charge in [-0.3, -0.25) is 4.79 Å². The van der Waals surface area contributed by atoms with E-state index in [0.717, 1.165) is 23.2 Å². The molecule has 0 aliphatic rings. The number of aromatic nitrogens is 2. The minimum atomic E-state index is -4.59. The largest absolute Gasteiger partial charge is 0.417 e. The van der Waals surface area contributed by atoms with Crippen LogP contribution in [0.25, 0.3) is 11.0 Å². The molecule has 0 bridgehead atoms. The molecule has 1 aromatic carbocycles. The summed E-state index contributed by atoms with van der Waals surface area (Å²) >= 11 is 0. The summed E-state index contributed by atoms with van der Waals surface area (Å²) in [4.78, 5) is 19.3. The Labute approximate surface area is 129 Å². The monoisotopic (exact) mass is 319 g/mol. The lowest BCUT2D eigenvalue weighted by atomic mass is 10.1. The van der Waals surface area contributed by atoms with Crippen LogP contribution in [0.15, 0.2) is 42.6 Å². The molecular weight excluding hydrogens is 307 g/mol. The van der Waals surface area contributed by atoms with E-state index < -0.39 is 23.2 Å². The number of aromatic amines is 1.